The molecule has 6 heteroatoms. The molecule has 0 saturated heterocycles. The second-order valence-electron chi connectivity index (χ2n) is 3.39. The van der Waals surface area contributed by atoms with Gasteiger partial charge < -0.3 is 10.3 Å². The molecule has 0 aliphatic heterocycles. The van der Waals surface area contributed by atoms with Crippen LogP contribution in [0.15, 0.2) is 35.2 Å². The molecule has 0 aliphatic carbocycles. The number of carbonyl (C=O) groups excluding carboxylic acids is 1. The van der Waals surface area contributed by atoms with Crippen molar-refractivity contribution in [1.29, 1.82) is 0 Å². The first kappa shape index (κ1) is 12.1. The molecule has 2 aromatic rings. The maximum Gasteiger partial charge on any atom is 0.251 e. The van der Waals surface area contributed by atoms with E-state index in [1.165, 1.54) is 0 Å². The first-order valence-corrected chi connectivity index (χ1v) is 6.04. The molecule has 0 fully saturated rings. The van der Waals surface area contributed by atoms with Crippen LogP contribution in [0, 0.1) is 0 Å². The highest BCUT2D eigenvalue weighted by Crippen LogP contribution is 2.23. The van der Waals surface area contributed by atoms with E-state index in [9.17, 15) is 4.79 Å². The van der Waals surface area contributed by atoms with Crippen LogP contribution < -0.4 is 5.32 Å². The van der Waals surface area contributed by atoms with Gasteiger partial charge in [-0.05, 0) is 34.1 Å². The van der Waals surface area contributed by atoms with Gasteiger partial charge in [0.25, 0.3) is 5.91 Å². The third kappa shape index (κ3) is 3.08. The van der Waals surface area contributed by atoms with E-state index in [1.54, 1.807) is 30.7 Å². The minimum Gasteiger partial charge on any atom is -0.347 e. The fraction of sp³-hybridized carbons (Fsp3) is 0.0909. The van der Waals surface area contributed by atoms with Gasteiger partial charge in [-0.25, -0.2) is 4.98 Å². The summed E-state index contributed by atoms with van der Waals surface area (Å²) in [4.78, 5) is 18.6. The molecular weight excluding hydrogens is 305 g/mol. The molecule has 0 aliphatic rings. The summed E-state index contributed by atoms with van der Waals surface area (Å²) in [6, 6.07) is 5.07. The van der Waals surface area contributed by atoms with Crippen LogP contribution in [-0.4, -0.2) is 15.9 Å². The number of nitrogens with one attached hydrogen (secondary N) is 2. The Morgan fingerprint density at radius 1 is 1.53 bits per heavy atom. The lowest BCUT2D eigenvalue weighted by molar-refractivity contribution is 0.0950. The summed E-state index contributed by atoms with van der Waals surface area (Å²) in [6.45, 7) is 0.409. The Labute approximate surface area is 112 Å². The Hall–Kier alpha value is -1.33. The summed E-state index contributed by atoms with van der Waals surface area (Å²) in [5, 5.41) is 3.28. The quantitative estimate of drug-likeness (QED) is 0.915. The van der Waals surface area contributed by atoms with Gasteiger partial charge in [0.15, 0.2) is 0 Å². The Kier molecular flexibility index (Phi) is 3.81. The number of aromatic nitrogens is 2. The highest BCUT2D eigenvalue weighted by Gasteiger charge is 2.07. The molecule has 88 valence electrons. The van der Waals surface area contributed by atoms with Crippen LogP contribution in [0.25, 0.3) is 0 Å². The predicted molar refractivity (Wildman–Crippen MR) is 68.9 cm³/mol. The normalized spacial score (nSPS) is 10.2. The van der Waals surface area contributed by atoms with Crippen molar-refractivity contribution < 1.29 is 4.79 Å². The molecule has 0 radical (unpaired) electrons. The fourth-order valence-electron chi connectivity index (χ4n) is 1.30. The van der Waals surface area contributed by atoms with E-state index in [2.05, 4.69) is 31.2 Å². The molecule has 0 bridgehead atoms. The lowest BCUT2D eigenvalue weighted by atomic mass is 10.2. The van der Waals surface area contributed by atoms with Gasteiger partial charge in [-0.2, -0.15) is 0 Å². The number of amides is 1. The van der Waals surface area contributed by atoms with Gasteiger partial charge in [-0.15, -0.1) is 0 Å². The van der Waals surface area contributed by atoms with Gasteiger partial charge in [0.1, 0.15) is 0 Å². The summed E-state index contributed by atoms with van der Waals surface area (Å²) in [6.07, 6.45) is 3.23. The zero-order valence-electron chi connectivity index (χ0n) is 8.71. The molecule has 1 aromatic carbocycles. The number of nitrogens with zero attached hydrogens (tertiary/aromatic N) is 1. The minimum atomic E-state index is -0.172. The van der Waals surface area contributed by atoms with E-state index in [0.717, 1.165) is 10.2 Å². The molecule has 0 spiro atoms. The van der Waals surface area contributed by atoms with E-state index >= 15 is 0 Å². The number of hydrogen-bond donors (Lipinski definition) is 2. The van der Waals surface area contributed by atoms with Gasteiger partial charge in [0.2, 0.25) is 0 Å². The van der Waals surface area contributed by atoms with Crippen molar-refractivity contribution in [3.8, 4) is 0 Å². The zero-order chi connectivity index (χ0) is 12.3. The lowest BCUT2D eigenvalue weighted by Crippen LogP contribution is -2.22. The molecule has 4 nitrogen and oxygen atoms in total. The topological polar surface area (TPSA) is 57.8 Å². The number of imidazole rings is 1. The molecule has 1 aromatic heterocycles. The standard InChI is InChI=1S/C11H9BrClN3O/c12-9-2-1-7(3-10(9)13)11(17)15-5-8-4-14-6-16-8/h1-4,6H,5H2,(H,14,16)(H,15,17). The van der Waals surface area contributed by atoms with Crippen molar-refractivity contribution in [2.75, 3.05) is 0 Å². The summed E-state index contributed by atoms with van der Waals surface area (Å²) < 4.78 is 0.768. The highest BCUT2D eigenvalue weighted by molar-refractivity contribution is 9.10. The number of benzene rings is 1. The monoisotopic (exact) mass is 313 g/mol. The van der Waals surface area contributed by atoms with E-state index < -0.39 is 0 Å². The van der Waals surface area contributed by atoms with Gasteiger partial charge >= 0.3 is 0 Å². The van der Waals surface area contributed by atoms with E-state index in [0.29, 0.717) is 17.1 Å². The van der Waals surface area contributed by atoms with Crippen LogP contribution in [0.2, 0.25) is 5.02 Å². The average Bonchev–Trinajstić information content (AvgIpc) is 2.82. The second kappa shape index (κ2) is 5.33. The van der Waals surface area contributed by atoms with Crippen molar-refractivity contribution in [1.82, 2.24) is 15.3 Å². The predicted octanol–water partition coefficient (Wildman–Crippen LogP) is 2.76. The van der Waals surface area contributed by atoms with Crippen LogP contribution in [0.5, 0.6) is 0 Å². The fourth-order valence-corrected chi connectivity index (χ4v) is 1.72. The molecule has 1 heterocycles. The Balaban J connectivity index is 2.02. The third-order valence-electron chi connectivity index (χ3n) is 2.18. The van der Waals surface area contributed by atoms with Crippen LogP contribution in [0.4, 0.5) is 0 Å². The number of H-pyrrole nitrogens is 1. The van der Waals surface area contributed by atoms with Crippen molar-refractivity contribution in [2.24, 2.45) is 0 Å². The van der Waals surface area contributed by atoms with Crippen molar-refractivity contribution in [3.63, 3.8) is 0 Å². The van der Waals surface area contributed by atoms with Crippen LogP contribution in [-0.2, 0) is 6.54 Å². The molecule has 1 amide bonds. The number of halogens is 2. The summed E-state index contributed by atoms with van der Waals surface area (Å²) in [5.41, 5.74) is 1.37. The van der Waals surface area contributed by atoms with Crippen LogP contribution in [0.1, 0.15) is 16.1 Å². The molecule has 2 rings (SSSR count). The molecule has 17 heavy (non-hydrogen) atoms. The van der Waals surface area contributed by atoms with Gasteiger partial charge in [-0.1, -0.05) is 11.6 Å². The SMILES string of the molecule is O=C(NCc1cnc[nH]1)c1ccc(Br)c(Cl)c1. The highest BCUT2D eigenvalue weighted by atomic mass is 79.9. The Morgan fingerprint density at radius 2 is 2.35 bits per heavy atom. The lowest BCUT2D eigenvalue weighted by Gasteiger charge is -2.04. The molecule has 2 N–H and O–H groups in total. The maximum atomic E-state index is 11.8. The van der Waals surface area contributed by atoms with E-state index in [4.69, 9.17) is 11.6 Å². The first-order valence-electron chi connectivity index (χ1n) is 4.87. The smallest absolute Gasteiger partial charge is 0.251 e. The van der Waals surface area contributed by atoms with Crippen molar-refractivity contribution in [2.45, 2.75) is 6.54 Å². The number of aromatic amines is 1. The number of hydrogen-bond acceptors (Lipinski definition) is 2. The summed E-state index contributed by atoms with van der Waals surface area (Å²) >= 11 is 9.19. The number of carbonyl (C=O) groups is 1. The first-order chi connectivity index (χ1) is 8.16. The van der Waals surface area contributed by atoms with Gasteiger partial charge in [0.05, 0.1) is 23.6 Å². The zero-order valence-corrected chi connectivity index (χ0v) is 11.0. The minimum absolute atomic E-state index is 0.172. The summed E-state index contributed by atoms with van der Waals surface area (Å²) in [5.74, 6) is -0.172. The molecule has 0 atom stereocenters. The van der Waals surface area contributed by atoms with Crippen molar-refractivity contribution >= 4 is 33.4 Å². The van der Waals surface area contributed by atoms with Gasteiger partial charge in [0, 0.05) is 16.2 Å². The summed E-state index contributed by atoms with van der Waals surface area (Å²) in [7, 11) is 0. The van der Waals surface area contributed by atoms with Crippen LogP contribution >= 0.6 is 27.5 Å². The molecular formula is C11H9BrClN3O. The maximum absolute atomic E-state index is 11.8. The number of rotatable bonds is 3. The largest absolute Gasteiger partial charge is 0.347 e. The second-order valence-corrected chi connectivity index (χ2v) is 4.65. The van der Waals surface area contributed by atoms with Gasteiger partial charge in [-0.3, -0.25) is 4.79 Å². The van der Waals surface area contributed by atoms with Crippen LogP contribution in [0.3, 0.4) is 0 Å². The van der Waals surface area contributed by atoms with Crippen molar-refractivity contribution in [3.05, 3.63) is 51.5 Å². The van der Waals surface area contributed by atoms with E-state index in [-0.39, 0.29) is 5.91 Å². The molecule has 0 unspecified atom stereocenters. The molecule has 0 saturated carbocycles. The third-order valence-corrected chi connectivity index (χ3v) is 3.41. The van der Waals surface area contributed by atoms with E-state index in [1.807, 2.05) is 0 Å². The Morgan fingerprint density at radius 3 is 3.00 bits per heavy atom. The average molecular weight is 315 g/mol. The Bertz CT molecular complexity index is 528.